The van der Waals surface area contributed by atoms with Gasteiger partial charge >= 0.3 is 5.97 Å². The minimum atomic E-state index is -0.374. The van der Waals surface area contributed by atoms with Crippen molar-refractivity contribution in [1.82, 2.24) is 4.90 Å². The molecule has 0 aliphatic carbocycles. The lowest BCUT2D eigenvalue weighted by Gasteiger charge is -2.21. The van der Waals surface area contributed by atoms with Crippen LogP contribution in [0.4, 0.5) is 5.69 Å². The van der Waals surface area contributed by atoms with Crippen molar-refractivity contribution >= 4 is 23.5 Å². The Morgan fingerprint density at radius 2 is 1.53 bits per heavy atom. The zero-order valence-electron chi connectivity index (χ0n) is 19.1. The van der Waals surface area contributed by atoms with E-state index in [2.05, 4.69) is 19.2 Å². The van der Waals surface area contributed by atoms with E-state index in [1.807, 2.05) is 35.2 Å². The summed E-state index contributed by atoms with van der Waals surface area (Å²) in [6.07, 6.45) is 3.52. The zero-order chi connectivity index (χ0) is 23.2. The second kappa shape index (κ2) is 14.0. The molecule has 2 aromatic rings. The number of nitrogens with one attached hydrogen (secondary N) is 1. The number of nitrogens with zero attached hydrogens (tertiary/aromatic N) is 1. The fourth-order valence-corrected chi connectivity index (χ4v) is 3.35. The molecule has 2 aromatic carbocycles. The molecular formula is C26H34N2O4. The van der Waals surface area contributed by atoms with Crippen LogP contribution in [0.1, 0.15) is 61.9 Å². The number of amides is 2. The highest BCUT2D eigenvalue weighted by molar-refractivity contribution is 5.96. The van der Waals surface area contributed by atoms with Crippen LogP contribution < -0.4 is 5.32 Å². The SMILES string of the molecule is CCCN(CCC)C(=O)c1ccc(NC(=O)CCC(=O)OCCCc2ccccc2)cc1. The van der Waals surface area contributed by atoms with Crippen molar-refractivity contribution in [2.24, 2.45) is 0 Å². The minimum Gasteiger partial charge on any atom is -0.466 e. The number of carbonyl (C=O) groups is 3. The van der Waals surface area contributed by atoms with Gasteiger partial charge in [-0.05, 0) is 55.5 Å². The maximum absolute atomic E-state index is 12.6. The highest BCUT2D eigenvalue weighted by Crippen LogP contribution is 2.13. The van der Waals surface area contributed by atoms with Gasteiger partial charge in [0.2, 0.25) is 5.91 Å². The Balaban J connectivity index is 1.69. The quantitative estimate of drug-likeness (QED) is 0.359. The number of carbonyl (C=O) groups excluding carboxylic acids is 3. The molecule has 6 nitrogen and oxygen atoms in total. The van der Waals surface area contributed by atoms with Gasteiger partial charge in [0.05, 0.1) is 13.0 Å². The van der Waals surface area contributed by atoms with Crippen LogP contribution in [-0.2, 0) is 20.7 Å². The molecule has 0 atom stereocenters. The van der Waals surface area contributed by atoms with Crippen molar-refractivity contribution in [2.75, 3.05) is 25.0 Å². The number of hydrogen-bond donors (Lipinski definition) is 1. The number of anilines is 1. The Kier molecular flexibility index (Phi) is 11.0. The fraction of sp³-hybridized carbons (Fsp3) is 0.423. The number of rotatable bonds is 13. The first-order chi connectivity index (χ1) is 15.5. The molecule has 0 unspecified atom stereocenters. The topological polar surface area (TPSA) is 75.7 Å². The lowest BCUT2D eigenvalue weighted by Crippen LogP contribution is -2.32. The van der Waals surface area contributed by atoms with Crippen LogP contribution >= 0.6 is 0 Å². The van der Waals surface area contributed by atoms with E-state index in [1.54, 1.807) is 24.3 Å². The molecule has 1 N–H and O–H groups in total. The number of hydrogen-bond acceptors (Lipinski definition) is 4. The molecule has 0 aromatic heterocycles. The number of aryl methyl sites for hydroxylation is 1. The summed E-state index contributed by atoms with van der Waals surface area (Å²) in [4.78, 5) is 38.4. The predicted molar refractivity (Wildman–Crippen MR) is 127 cm³/mol. The van der Waals surface area contributed by atoms with Crippen LogP contribution in [0, 0.1) is 0 Å². The Hall–Kier alpha value is -3.15. The first kappa shape index (κ1) is 25.1. The van der Waals surface area contributed by atoms with E-state index in [-0.39, 0.29) is 30.6 Å². The Bertz CT molecular complexity index is 844. The van der Waals surface area contributed by atoms with Gasteiger partial charge in [0.15, 0.2) is 0 Å². The van der Waals surface area contributed by atoms with E-state index in [4.69, 9.17) is 4.74 Å². The molecule has 0 saturated heterocycles. The van der Waals surface area contributed by atoms with Gasteiger partial charge in [-0.2, -0.15) is 0 Å². The largest absolute Gasteiger partial charge is 0.466 e. The van der Waals surface area contributed by atoms with Crippen molar-refractivity contribution in [2.45, 2.75) is 52.4 Å². The molecule has 6 heteroatoms. The highest BCUT2D eigenvalue weighted by Gasteiger charge is 2.14. The molecule has 0 radical (unpaired) electrons. The van der Waals surface area contributed by atoms with Crippen LogP contribution in [0.5, 0.6) is 0 Å². The highest BCUT2D eigenvalue weighted by atomic mass is 16.5. The van der Waals surface area contributed by atoms with Gasteiger partial charge in [0.25, 0.3) is 5.91 Å². The van der Waals surface area contributed by atoms with Crippen LogP contribution in [0.2, 0.25) is 0 Å². The van der Waals surface area contributed by atoms with E-state index < -0.39 is 0 Å². The van der Waals surface area contributed by atoms with Crippen molar-refractivity contribution in [3.8, 4) is 0 Å². The Labute approximate surface area is 191 Å². The van der Waals surface area contributed by atoms with Crippen LogP contribution in [0.3, 0.4) is 0 Å². The summed E-state index contributed by atoms with van der Waals surface area (Å²) in [7, 11) is 0. The first-order valence-electron chi connectivity index (χ1n) is 11.4. The van der Waals surface area contributed by atoms with E-state index in [0.29, 0.717) is 17.9 Å². The molecule has 0 aliphatic heterocycles. The zero-order valence-corrected chi connectivity index (χ0v) is 19.1. The maximum Gasteiger partial charge on any atom is 0.306 e. The van der Waals surface area contributed by atoms with E-state index >= 15 is 0 Å². The molecule has 0 spiro atoms. The second-order valence-corrected chi connectivity index (χ2v) is 7.73. The van der Waals surface area contributed by atoms with Crippen molar-refractivity contribution < 1.29 is 19.1 Å². The van der Waals surface area contributed by atoms with Gasteiger partial charge in [-0.25, -0.2) is 0 Å². The average Bonchev–Trinajstić information content (AvgIpc) is 2.81. The molecule has 0 bridgehead atoms. The standard InChI is InChI=1S/C26H34N2O4/c1-3-18-28(19-4-2)26(31)22-12-14-23(15-13-22)27-24(29)16-17-25(30)32-20-8-11-21-9-6-5-7-10-21/h5-7,9-10,12-15H,3-4,8,11,16-20H2,1-2H3,(H,27,29). The van der Waals surface area contributed by atoms with Gasteiger partial charge in [0.1, 0.15) is 0 Å². The molecule has 0 fully saturated rings. The molecule has 0 aliphatic rings. The average molecular weight is 439 g/mol. The van der Waals surface area contributed by atoms with E-state index in [9.17, 15) is 14.4 Å². The van der Waals surface area contributed by atoms with Crippen LogP contribution in [0.15, 0.2) is 54.6 Å². The van der Waals surface area contributed by atoms with Crippen molar-refractivity contribution in [1.29, 1.82) is 0 Å². The monoisotopic (exact) mass is 438 g/mol. The summed E-state index contributed by atoms with van der Waals surface area (Å²) >= 11 is 0. The van der Waals surface area contributed by atoms with Gasteiger partial charge in [-0.3, -0.25) is 14.4 Å². The normalized spacial score (nSPS) is 10.4. The molecule has 172 valence electrons. The summed E-state index contributed by atoms with van der Waals surface area (Å²) in [5.74, 6) is -0.633. The summed E-state index contributed by atoms with van der Waals surface area (Å²) in [6.45, 7) is 5.91. The van der Waals surface area contributed by atoms with Crippen LogP contribution in [-0.4, -0.2) is 42.4 Å². The van der Waals surface area contributed by atoms with Crippen molar-refractivity contribution in [3.05, 3.63) is 65.7 Å². The molecule has 0 heterocycles. The predicted octanol–water partition coefficient (Wildman–Crippen LogP) is 4.84. The number of esters is 1. The van der Waals surface area contributed by atoms with Crippen LogP contribution in [0.25, 0.3) is 0 Å². The fourth-order valence-electron chi connectivity index (χ4n) is 3.35. The summed E-state index contributed by atoms with van der Waals surface area (Å²) in [5.41, 5.74) is 2.41. The Morgan fingerprint density at radius 1 is 0.875 bits per heavy atom. The molecule has 0 saturated carbocycles. The van der Waals surface area contributed by atoms with Gasteiger partial charge in [-0.15, -0.1) is 0 Å². The summed E-state index contributed by atoms with van der Waals surface area (Å²) in [5, 5.41) is 2.76. The number of benzene rings is 2. The lowest BCUT2D eigenvalue weighted by molar-refractivity contribution is -0.144. The van der Waals surface area contributed by atoms with Crippen molar-refractivity contribution in [3.63, 3.8) is 0 Å². The maximum atomic E-state index is 12.6. The lowest BCUT2D eigenvalue weighted by atomic mass is 10.1. The molecule has 2 rings (SSSR count). The summed E-state index contributed by atoms with van der Waals surface area (Å²) in [6, 6.07) is 16.9. The first-order valence-corrected chi connectivity index (χ1v) is 11.4. The molecule has 32 heavy (non-hydrogen) atoms. The Morgan fingerprint density at radius 3 is 2.16 bits per heavy atom. The molecular weight excluding hydrogens is 404 g/mol. The minimum absolute atomic E-state index is 0.00147. The van der Waals surface area contributed by atoms with Gasteiger partial charge < -0.3 is 15.0 Å². The third-order valence-electron chi connectivity index (χ3n) is 4.96. The van der Waals surface area contributed by atoms with Gasteiger partial charge in [0, 0.05) is 30.8 Å². The summed E-state index contributed by atoms with van der Waals surface area (Å²) < 4.78 is 5.21. The third kappa shape index (κ3) is 8.92. The van der Waals surface area contributed by atoms with E-state index in [1.165, 1.54) is 5.56 Å². The third-order valence-corrected chi connectivity index (χ3v) is 4.96. The van der Waals surface area contributed by atoms with E-state index in [0.717, 1.165) is 38.8 Å². The smallest absolute Gasteiger partial charge is 0.306 e. The second-order valence-electron chi connectivity index (χ2n) is 7.73. The van der Waals surface area contributed by atoms with Gasteiger partial charge in [-0.1, -0.05) is 44.2 Å². The number of ether oxygens (including phenoxy) is 1. The molecule has 2 amide bonds.